The van der Waals surface area contributed by atoms with Gasteiger partial charge in [0.2, 0.25) is 5.91 Å². The monoisotopic (exact) mass is 312 g/mol. The van der Waals surface area contributed by atoms with Crippen LogP contribution in [0.15, 0.2) is 54.6 Å². The third kappa shape index (κ3) is 4.17. The molecule has 23 heavy (non-hydrogen) atoms. The number of para-hydroxylation sites is 1. The first-order valence-electron chi connectivity index (χ1n) is 8.04. The van der Waals surface area contributed by atoms with Crippen LogP contribution < -0.4 is 5.32 Å². The van der Waals surface area contributed by atoms with E-state index in [1.165, 1.54) is 6.07 Å². The van der Waals surface area contributed by atoms with Gasteiger partial charge in [-0.15, -0.1) is 0 Å². The van der Waals surface area contributed by atoms with Crippen LogP contribution in [-0.2, 0) is 11.3 Å². The van der Waals surface area contributed by atoms with Gasteiger partial charge in [0.15, 0.2) is 0 Å². The summed E-state index contributed by atoms with van der Waals surface area (Å²) in [4.78, 5) is 14.6. The van der Waals surface area contributed by atoms with Crippen molar-refractivity contribution in [1.29, 1.82) is 0 Å². The molecule has 1 N–H and O–H groups in total. The van der Waals surface area contributed by atoms with Crippen molar-refractivity contribution >= 4 is 11.6 Å². The zero-order valence-electron chi connectivity index (χ0n) is 13.0. The number of benzene rings is 2. The first kappa shape index (κ1) is 15.7. The largest absolute Gasteiger partial charge is 0.326 e. The number of carbonyl (C=O) groups excluding carboxylic acids is 1. The molecule has 1 fully saturated rings. The Morgan fingerprint density at radius 1 is 1.13 bits per heavy atom. The van der Waals surface area contributed by atoms with Crippen LogP contribution in [0.5, 0.6) is 0 Å². The van der Waals surface area contributed by atoms with Crippen LogP contribution in [-0.4, -0.2) is 23.9 Å². The van der Waals surface area contributed by atoms with E-state index >= 15 is 0 Å². The molecular formula is C19H21FN2O. The number of nitrogens with zero attached hydrogens (tertiary/aromatic N) is 1. The second kappa shape index (κ2) is 7.38. The molecule has 1 aliphatic heterocycles. The van der Waals surface area contributed by atoms with Crippen LogP contribution in [0.4, 0.5) is 10.1 Å². The molecular weight excluding hydrogens is 291 g/mol. The van der Waals surface area contributed by atoms with Gasteiger partial charge in [-0.3, -0.25) is 9.69 Å². The Hall–Kier alpha value is -2.20. The Morgan fingerprint density at radius 2 is 1.87 bits per heavy atom. The molecule has 1 amide bonds. The molecule has 0 saturated carbocycles. The van der Waals surface area contributed by atoms with Crippen molar-refractivity contribution in [1.82, 2.24) is 4.90 Å². The minimum absolute atomic E-state index is 0.0456. The Balaban J connectivity index is 1.59. The van der Waals surface area contributed by atoms with Crippen LogP contribution in [0.1, 0.15) is 18.4 Å². The van der Waals surface area contributed by atoms with E-state index in [1.807, 2.05) is 42.5 Å². The number of likely N-dealkylation sites (tertiary alicyclic amines) is 1. The van der Waals surface area contributed by atoms with E-state index in [9.17, 15) is 9.18 Å². The van der Waals surface area contributed by atoms with Crippen molar-refractivity contribution in [2.45, 2.75) is 19.4 Å². The van der Waals surface area contributed by atoms with Crippen molar-refractivity contribution in [2.75, 3.05) is 18.4 Å². The molecule has 3 rings (SSSR count). The highest BCUT2D eigenvalue weighted by Crippen LogP contribution is 2.21. The molecule has 1 heterocycles. The molecule has 4 heteroatoms. The van der Waals surface area contributed by atoms with Gasteiger partial charge in [0.05, 0.1) is 5.92 Å². The van der Waals surface area contributed by atoms with Crippen LogP contribution in [0.25, 0.3) is 0 Å². The van der Waals surface area contributed by atoms with Crippen molar-refractivity contribution < 1.29 is 9.18 Å². The Kier molecular flexibility index (Phi) is 5.03. The van der Waals surface area contributed by atoms with E-state index in [2.05, 4.69) is 10.2 Å². The van der Waals surface area contributed by atoms with E-state index in [4.69, 9.17) is 0 Å². The summed E-state index contributed by atoms with van der Waals surface area (Å²) < 4.78 is 13.8. The van der Waals surface area contributed by atoms with E-state index in [0.717, 1.165) is 25.1 Å². The number of nitrogens with one attached hydrogen (secondary N) is 1. The van der Waals surface area contributed by atoms with Gasteiger partial charge >= 0.3 is 0 Å². The van der Waals surface area contributed by atoms with Crippen LogP contribution in [0.2, 0.25) is 0 Å². The molecule has 0 spiro atoms. The lowest BCUT2D eigenvalue weighted by Crippen LogP contribution is -2.40. The summed E-state index contributed by atoms with van der Waals surface area (Å²) in [6.45, 7) is 2.14. The molecule has 2 aromatic carbocycles. The predicted octanol–water partition coefficient (Wildman–Crippen LogP) is 3.68. The van der Waals surface area contributed by atoms with E-state index in [1.54, 1.807) is 6.07 Å². The molecule has 1 unspecified atom stereocenters. The summed E-state index contributed by atoms with van der Waals surface area (Å²) in [6.07, 6.45) is 1.84. The van der Waals surface area contributed by atoms with Gasteiger partial charge in [-0.2, -0.15) is 0 Å². The number of rotatable bonds is 4. The SMILES string of the molecule is O=C(Nc1ccccc1)C1CCCN(Cc2ccccc2F)C1. The maximum atomic E-state index is 13.8. The Labute approximate surface area is 136 Å². The van der Waals surface area contributed by atoms with Crippen molar-refractivity contribution in [3.63, 3.8) is 0 Å². The molecule has 0 bridgehead atoms. The van der Waals surface area contributed by atoms with E-state index < -0.39 is 0 Å². The highest BCUT2D eigenvalue weighted by atomic mass is 19.1. The second-order valence-electron chi connectivity index (χ2n) is 6.02. The molecule has 0 aromatic heterocycles. The fraction of sp³-hybridized carbons (Fsp3) is 0.316. The summed E-state index contributed by atoms with van der Waals surface area (Å²) in [5, 5.41) is 2.97. The van der Waals surface area contributed by atoms with Crippen molar-refractivity contribution in [3.8, 4) is 0 Å². The molecule has 1 atom stereocenters. The zero-order chi connectivity index (χ0) is 16.1. The Morgan fingerprint density at radius 3 is 2.65 bits per heavy atom. The van der Waals surface area contributed by atoms with Gasteiger partial charge in [-0.25, -0.2) is 4.39 Å². The molecule has 1 aliphatic rings. The summed E-state index contributed by atoms with van der Waals surface area (Å²) in [7, 11) is 0. The third-order valence-electron chi connectivity index (χ3n) is 4.27. The summed E-state index contributed by atoms with van der Waals surface area (Å²) in [6, 6.07) is 16.3. The lowest BCUT2D eigenvalue weighted by molar-refractivity contribution is -0.121. The number of halogens is 1. The first-order valence-corrected chi connectivity index (χ1v) is 8.04. The zero-order valence-corrected chi connectivity index (χ0v) is 13.0. The smallest absolute Gasteiger partial charge is 0.228 e. The lowest BCUT2D eigenvalue weighted by atomic mass is 9.96. The number of piperidine rings is 1. The number of amides is 1. The molecule has 2 aromatic rings. The third-order valence-corrected chi connectivity index (χ3v) is 4.27. The summed E-state index contributed by atoms with van der Waals surface area (Å²) in [5.41, 5.74) is 1.51. The molecule has 3 nitrogen and oxygen atoms in total. The van der Waals surface area contributed by atoms with Crippen LogP contribution >= 0.6 is 0 Å². The van der Waals surface area contributed by atoms with Crippen LogP contribution in [0, 0.1) is 11.7 Å². The summed E-state index contributed by atoms with van der Waals surface area (Å²) >= 11 is 0. The topological polar surface area (TPSA) is 32.3 Å². The highest BCUT2D eigenvalue weighted by molar-refractivity contribution is 5.92. The van der Waals surface area contributed by atoms with Gasteiger partial charge in [-0.1, -0.05) is 36.4 Å². The average molecular weight is 312 g/mol. The highest BCUT2D eigenvalue weighted by Gasteiger charge is 2.26. The lowest BCUT2D eigenvalue weighted by Gasteiger charge is -2.32. The minimum Gasteiger partial charge on any atom is -0.326 e. The number of anilines is 1. The van der Waals surface area contributed by atoms with Crippen molar-refractivity contribution in [2.24, 2.45) is 5.92 Å². The van der Waals surface area contributed by atoms with Gasteiger partial charge in [-0.05, 0) is 37.6 Å². The first-order chi connectivity index (χ1) is 11.2. The normalized spacial score (nSPS) is 18.6. The molecule has 120 valence electrons. The maximum Gasteiger partial charge on any atom is 0.228 e. The number of carbonyl (C=O) groups is 1. The summed E-state index contributed by atoms with van der Waals surface area (Å²) in [5.74, 6) is -0.173. The van der Waals surface area contributed by atoms with Gasteiger partial charge in [0.25, 0.3) is 0 Å². The maximum absolute atomic E-state index is 13.8. The quantitative estimate of drug-likeness (QED) is 0.934. The standard InChI is InChI=1S/C19H21FN2O/c20-18-11-5-4-7-15(18)13-22-12-6-8-16(14-22)19(23)21-17-9-2-1-3-10-17/h1-5,7,9-11,16H,6,8,12-14H2,(H,21,23). The van der Waals surface area contributed by atoms with Crippen molar-refractivity contribution in [3.05, 3.63) is 66.0 Å². The molecule has 1 saturated heterocycles. The number of hydrogen-bond acceptors (Lipinski definition) is 2. The van der Waals surface area contributed by atoms with Gasteiger partial charge in [0, 0.05) is 24.3 Å². The van der Waals surface area contributed by atoms with Crippen LogP contribution in [0.3, 0.4) is 0 Å². The predicted molar refractivity (Wildman–Crippen MR) is 89.5 cm³/mol. The Bertz CT molecular complexity index is 659. The number of hydrogen-bond donors (Lipinski definition) is 1. The molecule has 0 aliphatic carbocycles. The minimum atomic E-state index is -0.177. The fourth-order valence-electron chi connectivity index (χ4n) is 3.05. The second-order valence-corrected chi connectivity index (χ2v) is 6.02. The fourth-order valence-corrected chi connectivity index (χ4v) is 3.05. The average Bonchev–Trinajstić information content (AvgIpc) is 2.58. The van der Waals surface area contributed by atoms with E-state index in [0.29, 0.717) is 18.7 Å². The molecule has 0 radical (unpaired) electrons. The van der Waals surface area contributed by atoms with E-state index in [-0.39, 0.29) is 17.6 Å². The van der Waals surface area contributed by atoms with Gasteiger partial charge in [0.1, 0.15) is 5.82 Å². The van der Waals surface area contributed by atoms with Gasteiger partial charge < -0.3 is 5.32 Å².